The fraction of sp³-hybridized carbons (Fsp3) is 0.500. The third-order valence-electron chi connectivity index (χ3n) is 4.85. The summed E-state index contributed by atoms with van der Waals surface area (Å²) in [7, 11) is 0. The van der Waals surface area contributed by atoms with E-state index in [1.165, 1.54) is 17.3 Å². The predicted octanol–water partition coefficient (Wildman–Crippen LogP) is 3.03. The number of nitrogens with zero attached hydrogens (tertiary/aromatic N) is 6. The van der Waals surface area contributed by atoms with Gasteiger partial charge in [-0.1, -0.05) is 29.5 Å². The molecule has 3 rings (SSSR count). The van der Waals surface area contributed by atoms with Gasteiger partial charge in [0.25, 0.3) is 0 Å². The van der Waals surface area contributed by atoms with E-state index in [4.69, 9.17) is 5.26 Å². The molecule has 1 aromatic carbocycles. The zero-order valence-corrected chi connectivity index (χ0v) is 17.3. The SMILES string of the molecule is CCN(CCC#N)C(=O)CSc1nnc(N2CCCC2)n1-c1ccc(C)cc1. The van der Waals surface area contributed by atoms with Gasteiger partial charge in [-0.05, 0) is 38.8 Å². The third kappa shape index (κ3) is 4.65. The van der Waals surface area contributed by atoms with Crippen molar-refractivity contribution >= 4 is 23.6 Å². The van der Waals surface area contributed by atoms with E-state index in [0.717, 1.165) is 42.7 Å². The Hall–Kier alpha value is -2.53. The molecule has 1 fully saturated rings. The molecule has 2 heterocycles. The van der Waals surface area contributed by atoms with Crippen molar-refractivity contribution in [2.75, 3.05) is 36.8 Å². The summed E-state index contributed by atoms with van der Waals surface area (Å²) >= 11 is 1.40. The van der Waals surface area contributed by atoms with Crippen molar-refractivity contribution < 1.29 is 4.79 Å². The summed E-state index contributed by atoms with van der Waals surface area (Å²) in [5.74, 6) is 1.14. The fourth-order valence-electron chi connectivity index (χ4n) is 3.26. The molecule has 7 nitrogen and oxygen atoms in total. The number of carbonyl (C=O) groups excluding carboxylic acids is 1. The zero-order valence-electron chi connectivity index (χ0n) is 16.5. The normalized spacial score (nSPS) is 13.5. The van der Waals surface area contributed by atoms with Crippen molar-refractivity contribution in [3.05, 3.63) is 29.8 Å². The van der Waals surface area contributed by atoms with Crippen LogP contribution >= 0.6 is 11.8 Å². The van der Waals surface area contributed by atoms with Crippen LogP contribution in [0.5, 0.6) is 0 Å². The number of thioether (sulfide) groups is 1. The Kier molecular flexibility index (Phi) is 6.93. The molecule has 1 aromatic heterocycles. The van der Waals surface area contributed by atoms with Crippen LogP contribution in [0.2, 0.25) is 0 Å². The minimum absolute atomic E-state index is 0.0175. The number of aromatic nitrogens is 3. The summed E-state index contributed by atoms with van der Waals surface area (Å²) in [5.41, 5.74) is 2.20. The first-order valence-electron chi connectivity index (χ1n) is 9.69. The third-order valence-corrected chi connectivity index (χ3v) is 5.76. The van der Waals surface area contributed by atoms with E-state index in [1.807, 2.05) is 11.5 Å². The van der Waals surface area contributed by atoms with E-state index >= 15 is 0 Å². The minimum atomic E-state index is 0.0175. The molecule has 148 valence electrons. The topological polar surface area (TPSA) is 78.0 Å². The van der Waals surface area contributed by atoms with Gasteiger partial charge in [0.05, 0.1) is 23.9 Å². The molecule has 0 bridgehead atoms. The molecule has 0 atom stereocenters. The van der Waals surface area contributed by atoms with Gasteiger partial charge in [-0.15, -0.1) is 10.2 Å². The van der Waals surface area contributed by atoms with Crippen LogP contribution in [0.25, 0.3) is 5.69 Å². The van der Waals surface area contributed by atoms with Crippen molar-refractivity contribution in [3.63, 3.8) is 0 Å². The quantitative estimate of drug-likeness (QED) is 0.636. The van der Waals surface area contributed by atoms with Crippen LogP contribution in [0.1, 0.15) is 31.7 Å². The lowest BCUT2D eigenvalue weighted by Crippen LogP contribution is -2.33. The van der Waals surface area contributed by atoms with Crippen molar-refractivity contribution in [1.29, 1.82) is 5.26 Å². The van der Waals surface area contributed by atoms with Crippen LogP contribution in [0.15, 0.2) is 29.4 Å². The maximum atomic E-state index is 12.5. The van der Waals surface area contributed by atoms with Crippen LogP contribution in [-0.2, 0) is 4.79 Å². The lowest BCUT2D eigenvalue weighted by Gasteiger charge is -2.20. The van der Waals surface area contributed by atoms with Crippen LogP contribution in [0.4, 0.5) is 5.95 Å². The molecular weight excluding hydrogens is 372 g/mol. The number of rotatable bonds is 8. The van der Waals surface area contributed by atoms with Gasteiger partial charge in [0.15, 0.2) is 5.16 Å². The van der Waals surface area contributed by atoms with Gasteiger partial charge in [-0.2, -0.15) is 5.26 Å². The van der Waals surface area contributed by atoms with Gasteiger partial charge in [0.2, 0.25) is 11.9 Å². The number of hydrogen-bond acceptors (Lipinski definition) is 6. The molecule has 0 radical (unpaired) electrons. The monoisotopic (exact) mass is 398 g/mol. The highest BCUT2D eigenvalue weighted by Gasteiger charge is 2.23. The van der Waals surface area contributed by atoms with Gasteiger partial charge in [-0.3, -0.25) is 9.36 Å². The smallest absolute Gasteiger partial charge is 0.233 e. The molecule has 1 aliphatic heterocycles. The summed E-state index contributed by atoms with van der Waals surface area (Å²) in [4.78, 5) is 16.5. The maximum absolute atomic E-state index is 12.5. The Balaban J connectivity index is 1.81. The van der Waals surface area contributed by atoms with Crippen molar-refractivity contribution in [2.45, 2.75) is 38.3 Å². The average Bonchev–Trinajstić information content (AvgIpc) is 3.37. The summed E-state index contributed by atoms with van der Waals surface area (Å²) in [6.07, 6.45) is 2.67. The van der Waals surface area contributed by atoms with E-state index in [-0.39, 0.29) is 11.7 Å². The first-order valence-corrected chi connectivity index (χ1v) is 10.7. The van der Waals surface area contributed by atoms with Gasteiger partial charge >= 0.3 is 0 Å². The molecule has 28 heavy (non-hydrogen) atoms. The van der Waals surface area contributed by atoms with E-state index < -0.39 is 0 Å². The number of hydrogen-bond donors (Lipinski definition) is 0. The Morgan fingerprint density at radius 3 is 2.61 bits per heavy atom. The van der Waals surface area contributed by atoms with Crippen LogP contribution in [0, 0.1) is 18.3 Å². The standard InChI is InChI=1S/C20H26N6OS/c1-3-24(14-6-11-21)18(27)15-28-20-23-22-19(25-12-4-5-13-25)26(20)17-9-7-16(2)8-10-17/h7-10H,3-6,12-15H2,1-2H3. The summed E-state index contributed by atoms with van der Waals surface area (Å²) in [5, 5.41) is 18.3. The lowest BCUT2D eigenvalue weighted by molar-refractivity contribution is -0.128. The zero-order chi connectivity index (χ0) is 19.9. The number of anilines is 1. The molecular formula is C20H26N6OS. The molecule has 1 saturated heterocycles. The summed E-state index contributed by atoms with van der Waals surface area (Å²) < 4.78 is 2.05. The van der Waals surface area contributed by atoms with Crippen molar-refractivity contribution in [3.8, 4) is 11.8 Å². The molecule has 0 unspecified atom stereocenters. The molecule has 1 amide bonds. The maximum Gasteiger partial charge on any atom is 0.233 e. The van der Waals surface area contributed by atoms with Crippen LogP contribution < -0.4 is 4.90 Å². The number of nitriles is 1. The number of aryl methyl sites for hydroxylation is 1. The van der Waals surface area contributed by atoms with Gasteiger partial charge in [0, 0.05) is 26.2 Å². The minimum Gasteiger partial charge on any atom is -0.341 e. The highest BCUT2D eigenvalue weighted by atomic mass is 32.2. The van der Waals surface area contributed by atoms with E-state index in [9.17, 15) is 4.79 Å². The van der Waals surface area contributed by atoms with Gasteiger partial charge < -0.3 is 9.80 Å². The fourth-order valence-corrected chi connectivity index (χ4v) is 4.11. The van der Waals surface area contributed by atoms with Crippen molar-refractivity contribution in [2.24, 2.45) is 0 Å². The van der Waals surface area contributed by atoms with Crippen molar-refractivity contribution in [1.82, 2.24) is 19.7 Å². The Bertz CT molecular complexity index is 835. The molecule has 0 N–H and O–H groups in total. The second kappa shape index (κ2) is 9.60. The number of amides is 1. The largest absolute Gasteiger partial charge is 0.341 e. The second-order valence-electron chi connectivity index (χ2n) is 6.82. The van der Waals surface area contributed by atoms with E-state index in [0.29, 0.717) is 19.5 Å². The Morgan fingerprint density at radius 1 is 1.25 bits per heavy atom. The number of carbonyl (C=O) groups is 1. The predicted molar refractivity (Wildman–Crippen MR) is 111 cm³/mol. The molecule has 2 aromatic rings. The highest BCUT2D eigenvalue weighted by molar-refractivity contribution is 7.99. The van der Waals surface area contributed by atoms with Gasteiger partial charge in [0.1, 0.15) is 0 Å². The molecule has 0 saturated carbocycles. The van der Waals surface area contributed by atoms with Crippen LogP contribution in [-0.4, -0.2) is 57.5 Å². The molecule has 1 aliphatic rings. The molecule has 0 spiro atoms. The van der Waals surface area contributed by atoms with E-state index in [1.54, 1.807) is 4.90 Å². The first-order chi connectivity index (χ1) is 13.6. The molecule has 8 heteroatoms. The highest BCUT2D eigenvalue weighted by Crippen LogP contribution is 2.28. The lowest BCUT2D eigenvalue weighted by atomic mass is 10.2. The average molecular weight is 399 g/mol. The molecule has 0 aliphatic carbocycles. The van der Waals surface area contributed by atoms with Crippen LogP contribution in [0.3, 0.4) is 0 Å². The summed E-state index contributed by atoms with van der Waals surface area (Å²) in [6.45, 7) is 7.02. The van der Waals surface area contributed by atoms with E-state index in [2.05, 4.69) is 52.4 Å². The summed E-state index contributed by atoms with van der Waals surface area (Å²) in [6, 6.07) is 10.4. The first kappa shape index (κ1) is 20.2. The Morgan fingerprint density at radius 2 is 1.96 bits per heavy atom. The Labute approximate surface area is 170 Å². The number of benzene rings is 1. The second-order valence-corrected chi connectivity index (χ2v) is 7.76. The van der Waals surface area contributed by atoms with Gasteiger partial charge in [-0.25, -0.2) is 0 Å².